The maximum absolute atomic E-state index is 12.8. The summed E-state index contributed by atoms with van der Waals surface area (Å²) >= 11 is 6.24. The first-order valence-electron chi connectivity index (χ1n) is 12.0. The van der Waals surface area contributed by atoms with Crippen molar-refractivity contribution in [3.8, 4) is 17.2 Å². The molecule has 1 atom stereocenters. The molecule has 0 aliphatic rings. The molecule has 0 heterocycles. The van der Waals surface area contributed by atoms with Crippen molar-refractivity contribution < 1.29 is 23.8 Å². The Morgan fingerprint density at radius 1 is 0.946 bits per heavy atom. The SMILES string of the molecule is COc1ccc(Oc2ccc(CNC(=O)[C@@H](CCCN)CNC(=O)OCc3ccccc3)cc2)c(Cl)c1. The molecule has 37 heavy (non-hydrogen) atoms. The molecule has 8 nitrogen and oxygen atoms in total. The Labute approximate surface area is 222 Å². The Bertz CT molecular complexity index is 1140. The summed E-state index contributed by atoms with van der Waals surface area (Å²) in [6.07, 6.45) is 0.650. The number of halogens is 1. The first-order valence-corrected chi connectivity index (χ1v) is 12.4. The molecule has 0 saturated carbocycles. The van der Waals surface area contributed by atoms with Crippen LogP contribution in [0.5, 0.6) is 17.2 Å². The summed E-state index contributed by atoms with van der Waals surface area (Å²) in [4.78, 5) is 24.9. The average molecular weight is 526 g/mol. The van der Waals surface area contributed by atoms with Gasteiger partial charge in [-0.1, -0.05) is 54.1 Å². The van der Waals surface area contributed by atoms with Gasteiger partial charge in [0.1, 0.15) is 23.9 Å². The van der Waals surface area contributed by atoms with Gasteiger partial charge in [-0.25, -0.2) is 4.79 Å². The Morgan fingerprint density at radius 2 is 1.68 bits per heavy atom. The maximum atomic E-state index is 12.8. The summed E-state index contributed by atoms with van der Waals surface area (Å²) in [6, 6.07) is 21.9. The zero-order chi connectivity index (χ0) is 26.5. The van der Waals surface area contributed by atoms with Crippen LogP contribution in [0.1, 0.15) is 24.0 Å². The Hall–Kier alpha value is -3.75. The second kappa shape index (κ2) is 14.7. The number of rotatable bonds is 13. The van der Waals surface area contributed by atoms with Crippen LogP contribution in [0.25, 0.3) is 0 Å². The number of methoxy groups -OCH3 is 1. The van der Waals surface area contributed by atoms with Gasteiger partial charge in [-0.15, -0.1) is 0 Å². The minimum absolute atomic E-state index is 0.162. The molecule has 0 fully saturated rings. The fraction of sp³-hybridized carbons (Fsp3) is 0.286. The molecule has 0 spiro atoms. The quantitative estimate of drug-likeness (QED) is 0.288. The first-order chi connectivity index (χ1) is 18.0. The van der Waals surface area contributed by atoms with Crippen molar-refractivity contribution in [3.05, 3.63) is 88.9 Å². The number of benzene rings is 3. The molecule has 3 rings (SSSR count). The van der Waals surface area contributed by atoms with Crippen molar-refractivity contribution in [1.82, 2.24) is 10.6 Å². The molecular weight excluding hydrogens is 494 g/mol. The lowest BCUT2D eigenvalue weighted by molar-refractivity contribution is -0.125. The van der Waals surface area contributed by atoms with Crippen molar-refractivity contribution in [3.63, 3.8) is 0 Å². The molecule has 2 amide bonds. The summed E-state index contributed by atoms with van der Waals surface area (Å²) < 4.78 is 16.2. The van der Waals surface area contributed by atoms with Gasteiger partial charge in [0.25, 0.3) is 0 Å². The highest BCUT2D eigenvalue weighted by atomic mass is 35.5. The number of carbonyl (C=O) groups excluding carboxylic acids is 2. The number of amides is 2. The fourth-order valence-corrected chi connectivity index (χ4v) is 3.71. The lowest BCUT2D eigenvalue weighted by Gasteiger charge is -2.17. The minimum atomic E-state index is -0.568. The van der Waals surface area contributed by atoms with Crippen LogP contribution in [-0.4, -0.2) is 32.2 Å². The van der Waals surface area contributed by atoms with Gasteiger partial charge in [0.15, 0.2) is 0 Å². The van der Waals surface area contributed by atoms with Gasteiger partial charge in [-0.2, -0.15) is 0 Å². The van der Waals surface area contributed by atoms with E-state index in [1.807, 2.05) is 42.5 Å². The van der Waals surface area contributed by atoms with Gasteiger partial charge in [0.2, 0.25) is 5.91 Å². The first kappa shape index (κ1) is 27.8. The molecule has 0 bridgehead atoms. The van der Waals surface area contributed by atoms with Gasteiger partial charge in [0, 0.05) is 19.2 Å². The molecule has 9 heteroatoms. The van der Waals surface area contributed by atoms with Crippen LogP contribution < -0.4 is 25.8 Å². The molecule has 0 radical (unpaired) electrons. The van der Waals surface area contributed by atoms with Crippen LogP contribution in [0.15, 0.2) is 72.8 Å². The van der Waals surface area contributed by atoms with E-state index in [1.54, 1.807) is 37.4 Å². The molecule has 196 valence electrons. The Morgan fingerprint density at radius 3 is 2.35 bits per heavy atom. The molecular formula is C28H32ClN3O5. The zero-order valence-electron chi connectivity index (χ0n) is 20.7. The molecule has 0 saturated heterocycles. The third kappa shape index (κ3) is 9.33. The summed E-state index contributed by atoms with van der Waals surface area (Å²) in [6.45, 7) is 1.12. The smallest absolute Gasteiger partial charge is 0.407 e. The summed E-state index contributed by atoms with van der Waals surface area (Å²) in [7, 11) is 1.57. The lowest BCUT2D eigenvalue weighted by Crippen LogP contribution is -2.39. The Kier molecular flexibility index (Phi) is 11.1. The monoisotopic (exact) mass is 525 g/mol. The van der Waals surface area contributed by atoms with E-state index in [2.05, 4.69) is 10.6 Å². The van der Waals surface area contributed by atoms with Crippen molar-refractivity contribution in [1.29, 1.82) is 0 Å². The van der Waals surface area contributed by atoms with E-state index in [0.29, 0.717) is 48.2 Å². The van der Waals surface area contributed by atoms with Gasteiger partial charge in [-0.3, -0.25) is 4.79 Å². The van der Waals surface area contributed by atoms with Crippen molar-refractivity contribution in [2.75, 3.05) is 20.2 Å². The van der Waals surface area contributed by atoms with E-state index in [0.717, 1.165) is 11.1 Å². The lowest BCUT2D eigenvalue weighted by atomic mass is 10.0. The maximum Gasteiger partial charge on any atom is 0.407 e. The third-order valence-corrected chi connectivity index (χ3v) is 5.89. The number of ether oxygens (including phenoxy) is 3. The van der Waals surface area contributed by atoms with Crippen molar-refractivity contribution in [2.45, 2.75) is 26.0 Å². The predicted octanol–water partition coefficient (Wildman–Crippen LogP) is 5.04. The number of hydrogen-bond donors (Lipinski definition) is 3. The number of alkyl carbamates (subject to hydrolysis) is 1. The van der Waals surface area contributed by atoms with Gasteiger partial charge < -0.3 is 30.6 Å². The highest BCUT2D eigenvalue weighted by Crippen LogP contribution is 2.32. The van der Waals surface area contributed by atoms with E-state index >= 15 is 0 Å². The molecule has 3 aromatic rings. The number of carbonyl (C=O) groups is 2. The normalized spacial score (nSPS) is 11.3. The standard InChI is InChI=1S/C28H32ClN3O5/c1-35-24-13-14-26(25(29)16-24)37-23-11-9-20(10-12-23)17-31-27(33)22(8-5-15-30)18-32-28(34)36-19-21-6-3-2-4-7-21/h2-4,6-7,9-14,16,22H,5,8,15,17-19,30H2,1H3,(H,31,33)(H,32,34)/t22-/m0/s1. The van der Waals surface area contributed by atoms with Crippen LogP contribution in [0.4, 0.5) is 4.79 Å². The zero-order valence-corrected chi connectivity index (χ0v) is 21.5. The average Bonchev–Trinajstić information content (AvgIpc) is 2.93. The number of nitrogens with one attached hydrogen (secondary N) is 2. The largest absolute Gasteiger partial charge is 0.497 e. The van der Waals surface area contributed by atoms with Crippen LogP contribution in [0.3, 0.4) is 0 Å². The Balaban J connectivity index is 1.47. The molecule has 0 unspecified atom stereocenters. The summed E-state index contributed by atoms with van der Waals surface area (Å²) in [5.74, 6) is 1.18. The second-order valence-corrected chi connectivity index (χ2v) is 8.74. The number of hydrogen-bond acceptors (Lipinski definition) is 6. The highest BCUT2D eigenvalue weighted by molar-refractivity contribution is 6.32. The van der Waals surface area contributed by atoms with Crippen LogP contribution >= 0.6 is 11.6 Å². The third-order valence-electron chi connectivity index (χ3n) is 5.59. The van der Waals surface area contributed by atoms with E-state index in [4.69, 9.17) is 31.5 Å². The van der Waals surface area contributed by atoms with E-state index in [-0.39, 0.29) is 19.1 Å². The van der Waals surface area contributed by atoms with E-state index in [1.165, 1.54) is 0 Å². The molecule has 0 aliphatic carbocycles. The van der Waals surface area contributed by atoms with Gasteiger partial charge in [0.05, 0.1) is 18.1 Å². The molecule has 3 aromatic carbocycles. The second-order valence-electron chi connectivity index (χ2n) is 8.33. The fourth-order valence-electron chi connectivity index (χ4n) is 3.50. The van der Waals surface area contributed by atoms with E-state index < -0.39 is 12.0 Å². The number of nitrogens with two attached hydrogens (primary N) is 1. The van der Waals surface area contributed by atoms with Crippen molar-refractivity contribution in [2.24, 2.45) is 11.7 Å². The molecule has 0 aliphatic heterocycles. The minimum Gasteiger partial charge on any atom is -0.497 e. The van der Waals surface area contributed by atoms with Crippen molar-refractivity contribution >= 4 is 23.6 Å². The highest BCUT2D eigenvalue weighted by Gasteiger charge is 2.19. The van der Waals surface area contributed by atoms with E-state index in [9.17, 15) is 9.59 Å². The van der Waals surface area contributed by atoms with Gasteiger partial charge >= 0.3 is 6.09 Å². The van der Waals surface area contributed by atoms with Crippen LogP contribution in [0, 0.1) is 5.92 Å². The predicted molar refractivity (Wildman–Crippen MR) is 143 cm³/mol. The van der Waals surface area contributed by atoms with Gasteiger partial charge in [-0.05, 0) is 54.8 Å². The molecule has 4 N–H and O–H groups in total. The summed E-state index contributed by atoms with van der Waals surface area (Å²) in [5.41, 5.74) is 7.42. The van der Waals surface area contributed by atoms with Crippen LogP contribution in [0.2, 0.25) is 5.02 Å². The van der Waals surface area contributed by atoms with Crippen LogP contribution in [-0.2, 0) is 22.7 Å². The molecule has 0 aromatic heterocycles. The summed E-state index contributed by atoms with van der Waals surface area (Å²) in [5, 5.41) is 6.06. The topological polar surface area (TPSA) is 112 Å².